The zero-order chi connectivity index (χ0) is 14.4. The molecule has 0 fully saturated rings. The van der Waals surface area contributed by atoms with E-state index in [2.05, 4.69) is 21.2 Å². The van der Waals surface area contributed by atoms with E-state index in [0.717, 1.165) is 0 Å². The van der Waals surface area contributed by atoms with E-state index in [0.29, 0.717) is 5.33 Å². The van der Waals surface area contributed by atoms with Gasteiger partial charge >= 0.3 is 6.09 Å². The summed E-state index contributed by atoms with van der Waals surface area (Å²) in [5, 5.41) is 2.82. The van der Waals surface area contributed by atoms with E-state index in [4.69, 9.17) is 9.47 Å². The first-order chi connectivity index (χ1) is 8.08. The third-order valence-corrected chi connectivity index (χ3v) is 3.03. The minimum absolute atomic E-state index is 0.0832. The summed E-state index contributed by atoms with van der Waals surface area (Å²) < 4.78 is 34.2. The van der Waals surface area contributed by atoms with E-state index in [1.54, 1.807) is 27.7 Å². The fraction of sp³-hybridized carbons (Fsp3) is 0.909. The number of hydrogen-bond acceptors (Lipinski definition) is 3. The molecule has 0 heterocycles. The van der Waals surface area contributed by atoms with E-state index in [1.165, 1.54) is 0 Å². The first-order valence-electron chi connectivity index (χ1n) is 5.53. The van der Waals surface area contributed by atoms with Crippen LogP contribution in [0.15, 0.2) is 0 Å². The van der Waals surface area contributed by atoms with Crippen LogP contribution in [0.2, 0.25) is 0 Å². The van der Waals surface area contributed by atoms with E-state index >= 15 is 0 Å². The van der Waals surface area contributed by atoms with E-state index in [-0.39, 0.29) is 6.54 Å². The van der Waals surface area contributed by atoms with Crippen molar-refractivity contribution in [2.45, 2.75) is 45.3 Å². The van der Waals surface area contributed by atoms with Crippen LogP contribution < -0.4 is 5.32 Å². The maximum Gasteiger partial charge on any atom is 0.407 e. The lowest BCUT2D eigenvalue weighted by Crippen LogP contribution is -2.46. The molecule has 0 aromatic rings. The molecule has 1 N–H and O–H groups in total. The summed E-state index contributed by atoms with van der Waals surface area (Å²) >= 11 is 3.17. The van der Waals surface area contributed by atoms with Crippen molar-refractivity contribution in [3.8, 4) is 0 Å². The summed E-state index contributed by atoms with van der Waals surface area (Å²) in [5.41, 5.74) is -1.49. The van der Waals surface area contributed by atoms with Gasteiger partial charge in [-0.15, -0.1) is 0 Å². The van der Waals surface area contributed by atoms with Gasteiger partial charge in [0, 0.05) is 5.33 Å². The van der Waals surface area contributed by atoms with Gasteiger partial charge < -0.3 is 14.8 Å². The van der Waals surface area contributed by atoms with Crippen molar-refractivity contribution < 1.29 is 23.0 Å². The summed E-state index contributed by atoms with van der Waals surface area (Å²) in [6, 6.07) is 0. The molecule has 4 nitrogen and oxygen atoms in total. The standard InChI is InChI=1S/C11H20BrF2NO3/c1-10(2,3)18-9(16)15-7-11(4,6-12)17-5-8(13)14/h8H,5-7H2,1-4H3,(H,15,16). The maximum absolute atomic E-state index is 12.1. The predicted molar refractivity (Wildman–Crippen MR) is 68.4 cm³/mol. The fourth-order valence-electron chi connectivity index (χ4n) is 0.974. The van der Waals surface area contributed by atoms with Gasteiger partial charge in [0.2, 0.25) is 0 Å². The SMILES string of the molecule is CC(C)(C)OC(=O)NCC(C)(CBr)OCC(F)F. The van der Waals surface area contributed by atoms with Gasteiger partial charge in [-0.3, -0.25) is 0 Å². The largest absolute Gasteiger partial charge is 0.444 e. The lowest BCUT2D eigenvalue weighted by atomic mass is 10.1. The fourth-order valence-corrected chi connectivity index (χ4v) is 1.33. The molecule has 0 spiro atoms. The Hall–Kier alpha value is -0.430. The second-order valence-corrected chi connectivity index (χ2v) is 5.70. The minimum Gasteiger partial charge on any atom is -0.444 e. The molecule has 1 unspecified atom stereocenters. The van der Waals surface area contributed by atoms with Crippen molar-refractivity contribution in [1.82, 2.24) is 5.32 Å². The number of nitrogens with one attached hydrogen (secondary N) is 1. The van der Waals surface area contributed by atoms with Gasteiger partial charge in [0.15, 0.2) is 0 Å². The molecule has 0 aliphatic heterocycles. The Morgan fingerprint density at radius 1 is 1.33 bits per heavy atom. The normalized spacial score (nSPS) is 15.3. The first kappa shape index (κ1) is 17.6. The molecule has 0 bridgehead atoms. The van der Waals surface area contributed by atoms with E-state index in [9.17, 15) is 13.6 Å². The van der Waals surface area contributed by atoms with Crippen LogP contribution in [0.1, 0.15) is 27.7 Å². The van der Waals surface area contributed by atoms with E-state index in [1.807, 2.05) is 0 Å². The Kier molecular flexibility index (Phi) is 7.06. The third kappa shape index (κ3) is 8.63. The number of rotatable bonds is 6. The smallest absolute Gasteiger partial charge is 0.407 e. The number of amides is 1. The van der Waals surface area contributed by atoms with Crippen molar-refractivity contribution in [3.05, 3.63) is 0 Å². The number of alkyl carbamates (subject to hydrolysis) is 1. The second-order valence-electron chi connectivity index (χ2n) is 5.14. The Balaban J connectivity index is 4.17. The third-order valence-electron chi connectivity index (χ3n) is 1.85. The molecule has 0 saturated heterocycles. The number of carbonyl (C=O) groups excluding carboxylic acids is 1. The number of ether oxygens (including phenoxy) is 2. The molecule has 0 aliphatic rings. The van der Waals surface area contributed by atoms with Crippen LogP contribution in [0.25, 0.3) is 0 Å². The summed E-state index contributed by atoms with van der Waals surface area (Å²) in [6.45, 7) is 6.26. The Bertz CT molecular complexity index is 272. The first-order valence-corrected chi connectivity index (χ1v) is 6.65. The number of halogens is 3. The molecule has 7 heteroatoms. The highest BCUT2D eigenvalue weighted by molar-refractivity contribution is 9.09. The van der Waals surface area contributed by atoms with Gasteiger partial charge in [-0.1, -0.05) is 15.9 Å². The number of hydrogen-bond donors (Lipinski definition) is 1. The molecular formula is C11H20BrF2NO3. The molecule has 0 aromatic carbocycles. The van der Waals surface area contributed by atoms with Crippen molar-refractivity contribution in [3.63, 3.8) is 0 Å². The van der Waals surface area contributed by atoms with Crippen molar-refractivity contribution in [2.24, 2.45) is 0 Å². The summed E-state index contributed by atoms with van der Waals surface area (Å²) in [7, 11) is 0. The van der Waals surface area contributed by atoms with Crippen LogP contribution in [0.5, 0.6) is 0 Å². The maximum atomic E-state index is 12.1. The van der Waals surface area contributed by atoms with Crippen molar-refractivity contribution in [1.29, 1.82) is 0 Å². The van der Waals surface area contributed by atoms with Gasteiger partial charge in [-0.25, -0.2) is 13.6 Å². The van der Waals surface area contributed by atoms with Gasteiger partial charge in [0.05, 0.1) is 12.1 Å². The summed E-state index contributed by atoms with van der Waals surface area (Å²) in [5.74, 6) is 0. The zero-order valence-corrected chi connectivity index (χ0v) is 12.6. The van der Waals surface area contributed by atoms with Crippen molar-refractivity contribution in [2.75, 3.05) is 18.5 Å². The predicted octanol–water partition coefficient (Wildman–Crippen LogP) is 2.95. The molecule has 1 amide bonds. The second kappa shape index (κ2) is 7.23. The molecule has 0 aromatic heterocycles. The average molecular weight is 332 g/mol. The Labute approximate surface area is 115 Å². The quantitative estimate of drug-likeness (QED) is 0.761. The van der Waals surface area contributed by atoms with Gasteiger partial charge in [-0.05, 0) is 27.7 Å². The Morgan fingerprint density at radius 3 is 2.28 bits per heavy atom. The molecular weight excluding hydrogens is 312 g/mol. The lowest BCUT2D eigenvalue weighted by Gasteiger charge is -2.28. The molecule has 18 heavy (non-hydrogen) atoms. The molecule has 0 saturated carbocycles. The van der Waals surface area contributed by atoms with Crippen LogP contribution in [-0.4, -0.2) is 42.2 Å². The summed E-state index contributed by atoms with van der Waals surface area (Å²) in [4.78, 5) is 11.4. The average Bonchev–Trinajstić information content (AvgIpc) is 2.21. The van der Waals surface area contributed by atoms with Gasteiger partial charge in [0.1, 0.15) is 12.2 Å². The highest BCUT2D eigenvalue weighted by Crippen LogP contribution is 2.15. The van der Waals surface area contributed by atoms with Crippen LogP contribution in [0.3, 0.4) is 0 Å². The van der Waals surface area contributed by atoms with E-state index < -0.39 is 30.3 Å². The molecule has 1 atom stereocenters. The molecule has 0 aliphatic carbocycles. The molecule has 0 rings (SSSR count). The van der Waals surface area contributed by atoms with Crippen LogP contribution in [0, 0.1) is 0 Å². The van der Waals surface area contributed by atoms with Crippen LogP contribution in [-0.2, 0) is 9.47 Å². The molecule has 108 valence electrons. The molecule has 0 radical (unpaired) electrons. The number of carbonyl (C=O) groups is 1. The lowest BCUT2D eigenvalue weighted by molar-refractivity contribution is -0.0656. The van der Waals surface area contributed by atoms with Gasteiger partial charge in [0.25, 0.3) is 6.43 Å². The van der Waals surface area contributed by atoms with Gasteiger partial charge in [-0.2, -0.15) is 0 Å². The topological polar surface area (TPSA) is 47.6 Å². The summed E-state index contributed by atoms with van der Waals surface area (Å²) in [6.07, 6.45) is -3.14. The monoisotopic (exact) mass is 331 g/mol. The highest BCUT2D eigenvalue weighted by atomic mass is 79.9. The van der Waals surface area contributed by atoms with Crippen molar-refractivity contribution >= 4 is 22.0 Å². The highest BCUT2D eigenvalue weighted by Gasteiger charge is 2.27. The minimum atomic E-state index is -2.54. The number of alkyl halides is 3. The Morgan fingerprint density at radius 2 is 1.89 bits per heavy atom. The van der Waals surface area contributed by atoms with Crippen LogP contribution >= 0.6 is 15.9 Å². The van der Waals surface area contributed by atoms with Crippen LogP contribution in [0.4, 0.5) is 13.6 Å². The zero-order valence-electron chi connectivity index (χ0n) is 11.1.